The van der Waals surface area contributed by atoms with E-state index in [1.807, 2.05) is 0 Å². The van der Waals surface area contributed by atoms with Gasteiger partial charge in [-0.15, -0.1) is 0 Å². The summed E-state index contributed by atoms with van der Waals surface area (Å²) in [7, 11) is -0.336. The summed E-state index contributed by atoms with van der Waals surface area (Å²) in [4.78, 5) is 9.92. The van der Waals surface area contributed by atoms with Gasteiger partial charge in [0.1, 0.15) is 0 Å². The van der Waals surface area contributed by atoms with Crippen LogP contribution in [0.15, 0.2) is 48.5 Å². The average Bonchev–Trinajstić information content (AvgIpc) is 2.82. The molecule has 4 heteroatoms. The van der Waals surface area contributed by atoms with Gasteiger partial charge in [0.05, 0.1) is 8.80 Å². The Kier molecular flexibility index (Phi) is 11.9. The number of primary amides is 1. The minimum atomic E-state index is -0.336. The number of hydrogen-bond acceptors (Lipinski definition) is 1. The van der Waals surface area contributed by atoms with Gasteiger partial charge in [-0.25, -0.2) is 0 Å². The molecule has 0 atom stereocenters. The SMILES string of the molecule is CC(C)C(N)=O.C[Si](C)C1c2ccccc2-c2ccccc21.[CH3-].[CH3-].[Ti+2]. The first-order valence-electron chi connectivity index (χ1n) is 7.71. The van der Waals surface area contributed by atoms with Gasteiger partial charge in [0.25, 0.3) is 0 Å². The molecule has 0 aromatic heterocycles. The molecule has 0 unspecified atom stereocenters. The van der Waals surface area contributed by atoms with Crippen molar-refractivity contribution in [3.05, 3.63) is 74.5 Å². The number of carbonyl (C=O) groups is 1. The molecule has 2 nitrogen and oxygen atoms in total. The summed E-state index contributed by atoms with van der Waals surface area (Å²) in [6.07, 6.45) is 0. The van der Waals surface area contributed by atoms with E-state index < -0.39 is 0 Å². The third-order valence-corrected chi connectivity index (χ3v) is 5.76. The third-order valence-electron chi connectivity index (χ3n) is 3.98. The van der Waals surface area contributed by atoms with Crippen LogP contribution in [0.5, 0.6) is 0 Å². The maximum absolute atomic E-state index is 9.92. The number of hydrogen-bond donors (Lipinski definition) is 1. The second-order valence-electron chi connectivity index (χ2n) is 6.24. The summed E-state index contributed by atoms with van der Waals surface area (Å²) in [6, 6.07) is 17.8. The number of nitrogens with two attached hydrogens (primary N) is 1. The number of amides is 1. The quantitative estimate of drug-likeness (QED) is 0.563. The van der Waals surface area contributed by atoms with E-state index in [-0.39, 0.29) is 57.2 Å². The summed E-state index contributed by atoms with van der Waals surface area (Å²) in [5.41, 5.74) is 11.5. The Bertz CT molecular complexity index is 625. The van der Waals surface area contributed by atoms with Crippen LogP contribution in [0.4, 0.5) is 0 Å². The van der Waals surface area contributed by atoms with E-state index >= 15 is 0 Å². The fourth-order valence-corrected chi connectivity index (χ4v) is 4.53. The largest absolute Gasteiger partial charge is 2.00 e. The van der Waals surface area contributed by atoms with Gasteiger partial charge in [0.15, 0.2) is 0 Å². The first kappa shape index (κ1) is 26.1. The number of carbonyl (C=O) groups excluding carboxylic acids is 1. The van der Waals surface area contributed by atoms with E-state index in [4.69, 9.17) is 5.73 Å². The maximum Gasteiger partial charge on any atom is 2.00 e. The fourth-order valence-electron chi connectivity index (χ4n) is 2.78. The molecule has 133 valence electrons. The van der Waals surface area contributed by atoms with Crippen molar-refractivity contribution in [2.45, 2.75) is 32.5 Å². The van der Waals surface area contributed by atoms with Crippen LogP contribution in [0.2, 0.25) is 13.1 Å². The van der Waals surface area contributed by atoms with Gasteiger partial charge >= 0.3 is 21.7 Å². The summed E-state index contributed by atoms with van der Waals surface area (Å²) >= 11 is 0. The molecular formula is C21H30NOSiTi. The first-order valence-corrected chi connectivity index (χ1v) is 10.3. The second-order valence-corrected chi connectivity index (χ2v) is 8.97. The normalized spacial score (nSPS) is 11.1. The van der Waals surface area contributed by atoms with Crippen molar-refractivity contribution in [2.24, 2.45) is 11.7 Å². The molecule has 0 aliphatic heterocycles. The summed E-state index contributed by atoms with van der Waals surface area (Å²) in [5, 5.41) is 0. The van der Waals surface area contributed by atoms with E-state index in [9.17, 15) is 4.79 Å². The standard InChI is InChI=1S/C15H15Si.C4H9NO.2CH3.Ti/c1-16(2)15-13-9-5-3-7-11(13)12-8-4-6-10-14(12)15;1-3(2)4(5)6;;;/h3-10,15H,1-2H3;3H,1-2H3,(H2,5,6);2*1H3;/q;;2*-1;+2. The Hall–Kier alpha value is -1.16. The summed E-state index contributed by atoms with van der Waals surface area (Å²) < 4.78 is 0. The molecule has 0 saturated carbocycles. The molecule has 1 radical (unpaired) electrons. The molecule has 2 aromatic carbocycles. The van der Waals surface area contributed by atoms with E-state index in [1.165, 1.54) is 11.1 Å². The van der Waals surface area contributed by atoms with Crippen molar-refractivity contribution in [1.82, 2.24) is 0 Å². The zero-order valence-electron chi connectivity index (χ0n) is 16.3. The molecule has 2 aromatic rings. The van der Waals surface area contributed by atoms with Gasteiger partial charge in [-0.2, -0.15) is 0 Å². The second kappa shape index (κ2) is 11.5. The van der Waals surface area contributed by atoms with Crippen LogP contribution < -0.4 is 5.73 Å². The van der Waals surface area contributed by atoms with Crippen molar-refractivity contribution in [1.29, 1.82) is 0 Å². The van der Waals surface area contributed by atoms with Gasteiger partial charge in [-0.05, 0) is 22.3 Å². The van der Waals surface area contributed by atoms with E-state index in [1.54, 1.807) is 25.0 Å². The fraction of sp³-hybridized carbons (Fsp3) is 0.286. The predicted octanol–water partition coefficient (Wildman–Crippen LogP) is 5.12. The Morgan fingerprint density at radius 1 is 0.920 bits per heavy atom. The molecule has 1 aliphatic carbocycles. The van der Waals surface area contributed by atoms with Gasteiger partial charge in [0.2, 0.25) is 5.91 Å². The van der Waals surface area contributed by atoms with Crippen molar-refractivity contribution in [3.8, 4) is 11.1 Å². The minimum absolute atomic E-state index is 0. The first-order chi connectivity index (χ1) is 10.4. The summed E-state index contributed by atoms with van der Waals surface area (Å²) in [5.74, 6) is -0.250. The number of benzene rings is 2. The Morgan fingerprint density at radius 3 is 1.52 bits per heavy atom. The van der Waals surface area contributed by atoms with Crippen LogP contribution in [0.3, 0.4) is 0 Å². The molecule has 2 N–H and O–H groups in total. The zero-order valence-corrected chi connectivity index (χ0v) is 18.8. The smallest absolute Gasteiger partial charge is 0.369 e. The molecule has 0 saturated heterocycles. The Morgan fingerprint density at radius 2 is 1.24 bits per heavy atom. The van der Waals surface area contributed by atoms with E-state index in [2.05, 4.69) is 61.6 Å². The van der Waals surface area contributed by atoms with Crippen LogP contribution in [0.25, 0.3) is 11.1 Å². The van der Waals surface area contributed by atoms with Crippen LogP contribution >= 0.6 is 0 Å². The van der Waals surface area contributed by atoms with Crippen LogP contribution in [0, 0.1) is 20.8 Å². The monoisotopic (exact) mass is 388 g/mol. The molecule has 0 spiro atoms. The molecular weight excluding hydrogens is 358 g/mol. The van der Waals surface area contributed by atoms with Crippen molar-refractivity contribution in [2.75, 3.05) is 0 Å². The van der Waals surface area contributed by atoms with Gasteiger partial charge in [0, 0.05) is 11.5 Å². The molecule has 3 rings (SSSR count). The van der Waals surface area contributed by atoms with Crippen LogP contribution in [-0.4, -0.2) is 14.7 Å². The Balaban J connectivity index is 0. The molecule has 25 heavy (non-hydrogen) atoms. The number of rotatable bonds is 2. The number of fused-ring (bicyclic) bond motifs is 3. The van der Waals surface area contributed by atoms with Gasteiger partial charge < -0.3 is 20.6 Å². The molecule has 1 aliphatic rings. The van der Waals surface area contributed by atoms with Gasteiger partial charge in [-0.3, -0.25) is 4.79 Å². The van der Waals surface area contributed by atoms with Crippen molar-refractivity contribution >= 4 is 14.7 Å². The van der Waals surface area contributed by atoms with Crippen molar-refractivity contribution < 1.29 is 26.5 Å². The maximum atomic E-state index is 9.92. The summed E-state index contributed by atoms with van der Waals surface area (Å²) in [6.45, 7) is 8.35. The zero-order chi connectivity index (χ0) is 16.3. The molecule has 0 fully saturated rings. The topological polar surface area (TPSA) is 43.1 Å². The van der Waals surface area contributed by atoms with Crippen LogP contribution in [-0.2, 0) is 26.5 Å². The van der Waals surface area contributed by atoms with E-state index in [0.717, 1.165) is 0 Å². The van der Waals surface area contributed by atoms with Crippen LogP contribution in [0.1, 0.15) is 30.5 Å². The average molecular weight is 388 g/mol. The third kappa shape index (κ3) is 5.95. The van der Waals surface area contributed by atoms with Gasteiger partial charge in [-0.1, -0.05) is 75.5 Å². The predicted molar refractivity (Wildman–Crippen MR) is 108 cm³/mol. The minimum Gasteiger partial charge on any atom is -0.369 e. The molecule has 0 bridgehead atoms. The van der Waals surface area contributed by atoms with Crippen molar-refractivity contribution in [3.63, 3.8) is 0 Å². The molecule has 0 heterocycles. The Labute approximate surface area is 170 Å². The van der Waals surface area contributed by atoms with E-state index in [0.29, 0.717) is 5.54 Å². The molecule has 1 amide bonds.